The van der Waals surface area contributed by atoms with Gasteiger partial charge in [-0.2, -0.15) is 5.10 Å². The highest BCUT2D eigenvalue weighted by molar-refractivity contribution is 9.10. The summed E-state index contributed by atoms with van der Waals surface area (Å²) in [5.41, 5.74) is 2.83. The number of aromatic nitrogens is 3. The minimum absolute atomic E-state index is 0.0780. The number of fused-ring (bicyclic) bond motifs is 1. The Morgan fingerprint density at radius 2 is 2.16 bits per heavy atom. The minimum atomic E-state index is -0.395. The van der Waals surface area contributed by atoms with Crippen molar-refractivity contribution in [2.45, 2.75) is 9.24 Å². The molecule has 0 aliphatic carbocycles. The van der Waals surface area contributed by atoms with E-state index in [0.29, 0.717) is 0 Å². The predicted molar refractivity (Wildman–Crippen MR) is 101 cm³/mol. The molecule has 0 spiro atoms. The van der Waals surface area contributed by atoms with Crippen LogP contribution in [0.15, 0.2) is 67.9 Å². The van der Waals surface area contributed by atoms with Gasteiger partial charge in [-0.05, 0) is 18.2 Å². The van der Waals surface area contributed by atoms with Gasteiger partial charge >= 0.3 is 0 Å². The number of rotatable bonds is 4. The number of hydrogen-bond acceptors (Lipinski definition) is 6. The van der Waals surface area contributed by atoms with Crippen LogP contribution in [0.1, 0.15) is 0 Å². The van der Waals surface area contributed by atoms with Crippen molar-refractivity contribution < 1.29 is 4.92 Å². The van der Waals surface area contributed by atoms with Crippen LogP contribution in [-0.4, -0.2) is 19.5 Å². The molecule has 3 aromatic heterocycles. The van der Waals surface area contributed by atoms with E-state index in [0.717, 1.165) is 30.5 Å². The number of non-ortho nitro benzene ring substituents is 1. The first kappa shape index (κ1) is 16.2. The molecule has 9 heteroatoms. The molecule has 1 aromatic carbocycles. The number of hydrogen-bond donors (Lipinski definition) is 0. The third kappa shape index (κ3) is 3.30. The zero-order valence-electron chi connectivity index (χ0n) is 12.5. The second-order valence-corrected chi connectivity index (χ2v) is 8.18. The van der Waals surface area contributed by atoms with E-state index in [1.807, 2.05) is 29.8 Å². The molecular weight excluding hydrogens is 424 g/mol. The molecule has 0 bridgehead atoms. The molecule has 6 nitrogen and oxygen atoms in total. The molecule has 0 aliphatic rings. The summed E-state index contributed by atoms with van der Waals surface area (Å²) in [6.07, 6.45) is 3.67. The zero-order chi connectivity index (χ0) is 17.4. The second kappa shape index (κ2) is 6.58. The molecule has 0 radical (unpaired) electrons. The van der Waals surface area contributed by atoms with Gasteiger partial charge in [0.1, 0.15) is 0 Å². The molecule has 0 saturated heterocycles. The van der Waals surface area contributed by atoms with Crippen LogP contribution in [0.5, 0.6) is 0 Å². The van der Waals surface area contributed by atoms with Crippen LogP contribution in [0.25, 0.3) is 16.8 Å². The maximum Gasteiger partial charge on any atom is 0.270 e. The van der Waals surface area contributed by atoms with E-state index in [2.05, 4.69) is 26.0 Å². The van der Waals surface area contributed by atoms with Crippen LogP contribution in [0.4, 0.5) is 5.69 Å². The van der Waals surface area contributed by atoms with Crippen molar-refractivity contribution in [1.29, 1.82) is 0 Å². The SMILES string of the molecule is O=[N+]([O-])c1cccc(Sc2nc(-c3cnn4ccc(Br)cc34)cs2)c1. The summed E-state index contributed by atoms with van der Waals surface area (Å²) in [5, 5.41) is 17.2. The van der Waals surface area contributed by atoms with Gasteiger partial charge in [0.05, 0.1) is 22.3 Å². The van der Waals surface area contributed by atoms with Gasteiger partial charge in [-0.25, -0.2) is 9.50 Å². The lowest BCUT2D eigenvalue weighted by molar-refractivity contribution is -0.385. The van der Waals surface area contributed by atoms with E-state index in [1.165, 1.54) is 29.2 Å². The molecule has 0 aliphatic heterocycles. The van der Waals surface area contributed by atoms with E-state index in [4.69, 9.17) is 0 Å². The summed E-state index contributed by atoms with van der Waals surface area (Å²) in [4.78, 5) is 15.9. The Kier molecular flexibility index (Phi) is 4.28. The molecule has 25 heavy (non-hydrogen) atoms. The van der Waals surface area contributed by atoms with Crippen LogP contribution in [0.2, 0.25) is 0 Å². The lowest BCUT2D eigenvalue weighted by atomic mass is 10.2. The van der Waals surface area contributed by atoms with Crippen molar-refractivity contribution in [3.8, 4) is 11.3 Å². The fourth-order valence-corrected chi connectivity index (χ4v) is 4.52. The molecule has 0 amide bonds. The molecule has 0 saturated carbocycles. The van der Waals surface area contributed by atoms with Crippen molar-refractivity contribution in [3.05, 3.63) is 68.8 Å². The van der Waals surface area contributed by atoms with Crippen LogP contribution < -0.4 is 0 Å². The highest BCUT2D eigenvalue weighted by Gasteiger charge is 2.13. The van der Waals surface area contributed by atoms with Gasteiger partial charge in [0.25, 0.3) is 5.69 Å². The van der Waals surface area contributed by atoms with Gasteiger partial charge in [0.2, 0.25) is 0 Å². The molecule has 3 heterocycles. The van der Waals surface area contributed by atoms with E-state index in [1.54, 1.807) is 22.8 Å². The first-order chi connectivity index (χ1) is 12.1. The Hall–Kier alpha value is -2.23. The number of nitro benzene ring substituents is 1. The van der Waals surface area contributed by atoms with Crippen molar-refractivity contribution in [3.63, 3.8) is 0 Å². The molecule has 124 valence electrons. The van der Waals surface area contributed by atoms with Crippen molar-refractivity contribution in [1.82, 2.24) is 14.6 Å². The molecule has 4 aromatic rings. The fraction of sp³-hybridized carbons (Fsp3) is 0. The summed E-state index contributed by atoms with van der Waals surface area (Å²) < 4.78 is 3.60. The van der Waals surface area contributed by atoms with Crippen molar-refractivity contribution >= 4 is 50.2 Å². The summed E-state index contributed by atoms with van der Waals surface area (Å²) in [5.74, 6) is 0. The average molecular weight is 433 g/mol. The van der Waals surface area contributed by atoms with Gasteiger partial charge in [-0.3, -0.25) is 10.1 Å². The third-order valence-corrected chi connectivity index (χ3v) is 5.90. The maximum atomic E-state index is 10.9. The predicted octanol–water partition coefficient (Wildman–Crippen LogP) is 5.28. The van der Waals surface area contributed by atoms with Crippen LogP contribution >= 0.6 is 39.0 Å². The highest BCUT2D eigenvalue weighted by Crippen LogP contribution is 2.35. The number of pyridine rings is 1. The monoisotopic (exact) mass is 432 g/mol. The number of nitrogens with zero attached hydrogens (tertiary/aromatic N) is 4. The van der Waals surface area contributed by atoms with Crippen molar-refractivity contribution in [2.24, 2.45) is 0 Å². The molecule has 0 unspecified atom stereocenters. The number of halogens is 1. The fourth-order valence-electron chi connectivity index (χ4n) is 2.34. The second-order valence-electron chi connectivity index (χ2n) is 5.09. The molecule has 0 atom stereocenters. The van der Waals surface area contributed by atoms with Crippen molar-refractivity contribution in [2.75, 3.05) is 0 Å². The Morgan fingerprint density at radius 3 is 3.00 bits per heavy atom. The Morgan fingerprint density at radius 1 is 1.28 bits per heavy atom. The first-order valence-corrected chi connectivity index (χ1v) is 9.60. The van der Waals surface area contributed by atoms with Gasteiger partial charge in [0, 0.05) is 38.6 Å². The lowest BCUT2D eigenvalue weighted by Crippen LogP contribution is -1.87. The number of thiazole rings is 1. The summed E-state index contributed by atoms with van der Waals surface area (Å²) in [6, 6.07) is 10.5. The van der Waals surface area contributed by atoms with Crippen LogP contribution in [0.3, 0.4) is 0 Å². The van der Waals surface area contributed by atoms with Gasteiger partial charge in [-0.1, -0.05) is 33.8 Å². The van der Waals surface area contributed by atoms with E-state index < -0.39 is 4.92 Å². The Balaban J connectivity index is 1.65. The Labute approximate surface area is 158 Å². The van der Waals surface area contributed by atoms with Gasteiger partial charge in [-0.15, -0.1) is 11.3 Å². The topological polar surface area (TPSA) is 73.3 Å². The third-order valence-electron chi connectivity index (χ3n) is 3.48. The lowest BCUT2D eigenvalue weighted by Gasteiger charge is -1.98. The minimum Gasteiger partial charge on any atom is -0.258 e. The Bertz CT molecular complexity index is 1090. The van der Waals surface area contributed by atoms with E-state index in [9.17, 15) is 10.1 Å². The molecule has 0 N–H and O–H groups in total. The standard InChI is InChI=1S/C16H9BrN4O2S2/c17-10-4-5-20-15(6-10)13(8-18-20)14-9-24-16(19-14)25-12-3-1-2-11(7-12)21(22)23/h1-9H. The maximum absolute atomic E-state index is 10.9. The molecular formula is C16H9BrN4O2S2. The van der Waals surface area contributed by atoms with Crippen LogP contribution in [-0.2, 0) is 0 Å². The summed E-state index contributed by atoms with van der Waals surface area (Å²) >= 11 is 6.39. The highest BCUT2D eigenvalue weighted by atomic mass is 79.9. The molecule has 4 rings (SSSR count). The number of nitro groups is 1. The summed E-state index contributed by atoms with van der Waals surface area (Å²) in [7, 11) is 0. The first-order valence-electron chi connectivity index (χ1n) is 7.11. The summed E-state index contributed by atoms with van der Waals surface area (Å²) in [6.45, 7) is 0. The van der Waals surface area contributed by atoms with E-state index in [-0.39, 0.29) is 5.69 Å². The van der Waals surface area contributed by atoms with Gasteiger partial charge in [0.15, 0.2) is 4.34 Å². The quantitative estimate of drug-likeness (QED) is 0.323. The number of benzene rings is 1. The largest absolute Gasteiger partial charge is 0.270 e. The van der Waals surface area contributed by atoms with E-state index >= 15 is 0 Å². The van der Waals surface area contributed by atoms with Gasteiger partial charge < -0.3 is 0 Å². The smallest absolute Gasteiger partial charge is 0.258 e. The van der Waals surface area contributed by atoms with Crippen LogP contribution in [0, 0.1) is 10.1 Å². The normalized spacial score (nSPS) is 11.1. The average Bonchev–Trinajstić information content (AvgIpc) is 3.21. The molecule has 0 fully saturated rings. The zero-order valence-corrected chi connectivity index (χ0v) is 15.7.